The summed E-state index contributed by atoms with van der Waals surface area (Å²) in [5.74, 6) is 0.0250. The van der Waals surface area contributed by atoms with Gasteiger partial charge in [-0.1, -0.05) is 29.8 Å². The van der Waals surface area contributed by atoms with Gasteiger partial charge in [-0.25, -0.2) is 0 Å². The Labute approximate surface area is 124 Å². The van der Waals surface area contributed by atoms with Crippen LogP contribution in [0.3, 0.4) is 0 Å². The quantitative estimate of drug-likeness (QED) is 0.853. The van der Waals surface area contributed by atoms with Gasteiger partial charge in [0.25, 0.3) is 0 Å². The Morgan fingerprint density at radius 3 is 2.70 bits per heavy atom. The number of amides is 1. The Morgan fingerprint density at radius 1 is 1.15 bits per heavy atom. The monoisotopic (exact) mass is 285 g/mol. The fourth-order valence-electron chi connectivity index (χ4n) is 2.07. The Kier molecular flexibility index (Phi) is 4.85. The number of carbonyl (C=O) groups excluding carboxylic acids is 1. The highest BCUT2D eigenvalue weighted by atomic mass is 32.2. The van der Waals surface area contributed by atoms with Gasteiger partial charge in [-0.2, -0.15) is 0 Å². The van der Waals surface area contributed by atoms with Gasteiger partial charge in [-0.05, 0) is 49.4 Å². The fourth-order valence-corrected chi connectivity index (χ4v) is 2.53. The average molecular weight is 285 g/mol. The van der Waals surface area contributed by atoms with Crippen LogP contribution in [0.5, 0.6) is 0 Å². The van der Waals surface area contributed by atoms with E-state index in [1.165, 1.54) is 5.56 Å². The molecular weight excluding hydrogens is 266 g/mol. The van der Waals surface area contributed by atoms with Crippen LogP contribution in [0.1, 0.15) is 16.7 Å². The highest BCUT2D eigenvalue weighted by Crippen LogP contribution is 2.19. The molecule has 0 aliphatic carbocycles. The van der Waals surface area contributed by atoms with Crippen molar-refractivity contribution in [2.75, 3.05) is 11.6 Å². The molecule has 0 radical (unpaired) electrons. The van der Waals surface area contributed by atoms with E-state index >= 15 is 0 Å². The van der Waals surface area contributed by atoms with Crippen LogP contribution in [0.2, 0.25) is 0 Å². The molecule has 0 saturated heterocycles. The minimum absolute atomic E-state index is 0.0250. The molecule has 1 N–H and O–H groups in total. The second kappa shape index (κ2) is 6.62. The number of anilines is 1. The molecule has 0 fully saturated rings. The summed E-state index contributed by atoms with van der Waals surface area (Å²) < 4.78 is 0. The van der Waals surface area contributed by atoms with Crippen molar-refractivity contribution in [3.8, 4) is 0 Å². The first kappa shape index (κ1) is 14.7. The lowest BCUT2D eigenvalue weighted by atomic mass is 10.0. The molecule has 0 aromatic heterocycles. The Balaban J connectivity index is 2.07. The average Bonchev–Trinajstić information content (AvgIpc) is 2.43. The van der Waals surface area contributed by atoms with Crippen LogP contribution >= 0.6 is 11.8 Å². The minimum atomic E-state index is 0.0250. The number of rotatable bonds is 4. The van der Waals surface area contributed by atoms with Gasteiger partial charge in [-0.3, -0.25) is 4.79 Å². The molecule has 0 bridgehead atoms. The van der Waals surface area contributed by atoms with Crippen molar-refractivity contribution in [1.82, 2.24) is 0 Å². The number of nitrogens with one attached hydrogen (secondary N) is 1. The van der Waals surface area contributed by atoms with Crippen LogP contribution in [0, 0.1) is 13.8 Å². The molecule has 0 spiro atoms. The van der Waals surface area contributed by atoms with Crippen LogP contribution in [0.4, 0.5) is 5.69 Å². The number of thioether (sulfide) groups is 1. The molecule has 0 atom stereocenters. The second-order valence-electron chi connectivity index (χ2n) is 4.89. The van der Waals surface area contributed by atoms with E-state index in [9.17, 15) is 4.79 Å². The van der Waals surface area contributed by atoms with Gasteiger partial charge >= 0.3 is 0 Å². The van der Waals surface area contributed by atoms with Crippen molar-refractivity contribution in [2.45, 2.75) is 25.2 Å². The zero-order chi connectivity index (χ0) is 14.5. The summed E-state index contributed by atoms with van der Waals surface area (Å²) in [5, 5.41) is 2.96. The van der Waals surface area contributed by atoms with E-state index in [-0.39, 0.29) is 5.91 Å². The Hall–Kier alpha value is -1.74. The molecule has 0 unspecified atom stereocenters. The van der Waals surface area contributed by atoms with E-state index in [0.29, 0.717) is 6.42 Å². The summed E-state index contributed by atoms with van der Waals surface area (Å²) in [7, 11) is 0. The molecular formula is C17H19NOS. The van der Waals surface area contributed by atoms with Crippen molar-refractivity contribution < 1.29 is 4.79 Å². The highest BCUT2D eigenvalue weighted by molar-refractivity contribution is 7.98. The van der Waals surface area contributed by atoms with Gasteiger partial charge in [0.15, 0.2) is 0 Å². The fraction of sp³-hybridized carbons (Fsp3) is 0.235. The van der Waals surface area contributed by atoms with E-state index in [0.717, 1.165) is 21.7 Å². The van der Waals surface area contributed by atoms with Gasteiger partial charge < -0.3 is 5.32 Å². The van der Waals surface area contributed by atoms with Crippen LogP contribution in [-0.2, 0) is 11.2 Å². The van der Waals surface area contributed by atoms with Gasteiger partial charge in [0.2, 0.25) is 5.91 Å². The molecule has 2 aromatic rings. The maximum absolute atomic E-state index is 12.1. The lowest BCUT2D eigenvalue weighted by Crippen LogP contribution is -2.15. The summed E-state index contributed by atoms with van der Waals surface area (Å²) in [5.41, 5.74) is 4.28. The van der Waals surface area contributed by atoms with Crippen molar-refractivity contribution in [3.05, 3.63) is 59.2 Å². The first-order chi connectivity index (χ1) is 9.58. The third kappa shape index (κ3) is 3.87. The maximum atomic E-state index is 12.1. The lowest BCUT2D eigenvalue weighted by molar-refractivity contribution is -0.115. The zero-order valence-electron chi connectivity index (χ0n) is 12.1. The normalized spacial score (nSPS) is 10.3. The van der Waals surface area contributed by atoms with E-state index in [2.05, 4.69) is 23.5 Å². The predicted molar refractivity (Wildman–Crippen MR) is 86.5 cm³/mol. The topological polar surface area (TPSA) is 29.1 Å². The zero-order valence-corrected chi connectivity index (χ0v) is 12.9. The number of carbonyl (C=O) groups is 1. The molecule has 0 heterocycles. The first-order valence-electron chi connectivity index (χ1n) is 6.58. The summed E-state index contributed by atoms with van der Waals surface area (Å²) in [6.07, 6.45) is 2.44. The number of aryl methyl sites for hydroxylation is 2. The molecule has 0 saturated carbocycles. The molecule has 3 heteroatoms. The van der Waals surface area contributed by atoms with Crippen LogP contribution in [-0.4, -0.2) is 12.2 Å². The molecule has 0 aliphatic rings. The van der Waals surface area contributed by atoms with Gasteiger partial charge in [0, 0.05) is 10.6 Å². The molecule has 2 nitrogen and oxygen atoms in total. The van der Waals surface area contributed by atoms with Gasteiger partial charge in [-0.15, -0.1) is 11.8 Å². The SMILES string of the molecule is CSc1cccc(NC(=O)Cc2cc(C)ccc2C)c1. The summed E-state index contributed by atoms with van der Waals surface area (Å²) in [6, 6.07) is 14.1. The molecule has 20 heavy (non-hydrogen) atoms. The Morgan fingerprint density at radius 2 is 1.95 bits per heavy atom. The standard InChI is InChI=1S/C17H19NOS/c1-12-7-8-13(2)14(9-12)10-17(19)18-15-5-4-6-16(11-15)20-3/h4-9,11H,10H2,1-3H3,(H,18,19). The molecule has 1 amide bonds. The van der Waals surface area contributed by atoms with E-state index in [1.54, 1.807) is 11.8 Å². The largest absolute Gasteiger partial charge is 0.326 e. The van der Waals surface area contributed by atoms with Crippen molar-refractivity contribution in [1.29, 1.82) is 0 Å². The van der Waals surface area contributed by atoms with E-state index < -0.39 is 0 Å². The Bertz CT molecular complexity index is 622. The summed E-state index contributed by atoms with van der Waals surface area (Å²) in [4.78, 5) is 13.3. The van der Waals surface area contributed by atoms with Crippen LogP contribution in [0.15, 0.2) is 47.4 Å². The molecule has 2 rings (SSSR count). The molecule has 0 aliphatic heterocycles. The number of hydrogen-bond acceptors (Lipinski definition) is 2. The third-order valence-corrected chi connectivity index (χ3v) is 3.93. The van der Waals surface area contributed by atoms with Crippen LogP contribution in [0.25, 0.3) is 0 Å². The number of benzene rings is 2. The van der Waals surface area contributed by atoms with Crippen molar-refractivity contribution in [3.63, 3.8) is 0 Å². The smallest absolute Gasteiger partial charge is 0.228 e. The lowest BCUT2D eigenvalue weighted by Gasteiger charge is -2.09. The van der Waals surface area contributed by atoms with E-state index in [1.807, 2.05) is 44.4 Å². The van der Waals surface area contributed by atoms with Gasteiger partial charge in [0.05, 0.1) is 6.42 Å². The number of hydrogen-bond donors (Lipinski definition) is 1. The third-order valence-electron chi connectivity index (χ3n) is 3.21. The van der Waals surface area contributed by atoms with E-state index in [4.69, 9.17) is 0 Å². The van der Waals surface area contributed by atoms with Gasteiger partial charge in [0.1, 0.15) is 0 Å². The minimum Gasteiger partial charge on any atom is -0.326 e. The molecule has 2 aromatic carbocycles. The first-order valence-corrected chi connectivity index (χ1v) is 7.81. The van der Waals surface area contributed by atoms with Crippen LogP contribution < -0.4 is 5.32 Å². The predicted octanol–water partition coefficient (Wildman–Crippen LogP) is 4.21. The summed E-state index contributed by atoms with van der Waals surface area (Å²) >= 11 is 1.67. The highest BCUT2D eigenvalue weighted by Gasteiger charge is 2.07. The van der Waals surface area contributed by atoms with Crippen molar-refractivity contribution in [2.24, 2.45) is 0 Å². The van der Waals surface area contributed by atoms with Crippen molar-refractivity contribution >= 4 is 23.4 Å². The second-order valence-corrected chi connectivity index (χ2v) is 5.77. The summed E-state index contributed by atoms with van der Waals surface area (Å²) in [6.45, 7) is 4.08. The maximum Gasteiger partial charge on any atom is 0.228 e. The molecule has 104 valence electrons.